The molecular weight excluding hydrogens is 635 g/mol. The van der Waals surface area contributed by atoms with Gasteiger partial charge in [0.05, 0.1) is 28.1 Å². The van der Waals surface area contributed by atoms with Crippen molar-refractivity contribution in [2.75, 3.05) is 4.90 Å². The molecule has 1 aliphatic heterocycles. The number of allylic oxidation sites excluding steroid dienone is 2. The van der Waals surface area contributed by atoms with Gasteiger partial charge in [0.15, 0.2) is 0 Å². The Kier molecular flexibility index (Phi) is 5.58. The highest BCUT2D eigenvalue weighted by Gasteiger charge is 2.40. The molecule has 52 heavy (non-hydrogen) atoms. The molecule has 7 aromatic carbocycles. The number of para-hydroxylation sites is 4. The van der Waals surface area contributed by atoms with E-state index in [9.17, 15) is 0 Å². The first-order valence-corrected chi connectivity index (χ1v) is 18.0. The molecule has 12 rings (SSSR count). The van der Waals surface area contributed by atoms with Crippen molar-refractivity contribution < 1.29 is 4.42 Å². The molecule has 3 aromatic heterocycles. The van der Waals surface area contributed by atoms with Crippen LogP contribution in [0.1, 0.15) is 11.5 Å². The zero-order valence-electron chi connectivity index (χ0n) is 28.1. The van der Waals surface area contributed by atoms with Crippen molar-refractivity contribution in [3.8, 4) is 11.4 Å². The second kappa shape index (κ2) is 10.4. The van der Waals surface area contributed by atoms with Gasteiger partial charge in [-0.1, -0.05) is 97.1 Å². The Labute approximate surface area is 299 Å². The smallest absolute Gasteiger partial charge is 0.135 e. The monoisotopic (exact) mass is 665 g/mol. The van der Waals surface area contributed by atoms with Gasteiger partial charge >= 0.3 is 0 Å². The van der Waals surface area contributed by atoms with E-state index in [1.807, 2.05) is 6.07 Å². The van der Waals surface area contributed by atoms with E-state index in [1.54, 1.807) is 0 Å². The topological polar surface area (TPSA) is 26.2 Å². The number of nitrogens with zero attached hydrogens (tertiary/aromatic N) is 3. The van der Waals surface area contributed by atoms with Crippen LogP contribution >= 0.6 is 0 Å². The fraction of sp³-hybridized carbons (Fsp3) is 0.0417. The van der Waals surface area contributed by atoms with E-state index in [0.29, 0.717) is 0 Å². The standard InChI is InChI=1S/C48H31N3O/c1-6-16-39-33(11-1)34-12-2-7-17-40(34)49(39)30-21-23-31(24-22-30)50-41-18-8-3-14-36(41)47-43(50)26-27-44-48(47)37-15-4-9-19-42(37)51(44)32-25-28-46-38(29-32)35-13-5-10-20-45(35)52-46/h1-29,37,42H. The molecule has 0 spiro atoms. The van der Waals surface area contributed by atoms with Crippen LogP contribution in [-0.2, 0) is 0 Å². The summed E-state index contributed by atoms with van der Waals surface area (Å²) in [5.41, 5.74) is 12.9. The lowest BCUT2D eigenvalue weighted by Crippen LogP contribution is -2.28. The second-order valence-electron chi connectivity index (χ2n) is 14.1. The molecule has 0 amide bonds. The normalized spacial score (nSPS) is 16.7. The van der Waals surface area contributed by atoms with Crippen molar-refractivity contribution >= 4 is 76.9 Å². The van der Waals surface area contributed by atoms with Crippen LogP contribution < -0.4 is 4.90 Å². The van der Waals surface area contributed by atoms with E-state index in [0.717, 1.165) is 33.3 Å². The molecule has 0 saturated carbocycles. The summed E-state index contributed by atoms with van der Waals surface area (Å²) in [6, 6.07) is 55.2. The number of furan rings is 1. The van der Waals surface area contributed by atoms with Crippen molar-refractivity contribution in [3.63, 3.8) is 0 Å². The number of hydrogen-bond donors (Lipinski definition) is 0. The molecule has 244 valence electrons. The van der Waals surface area contributed by atoms with Crippen molar-refractivity contribution in [1.29, 1.82) is 0 Å². The lowest BCUT2D eigenvalue weighted by molar-refractivity contribution is 0.669. The van der Waals surface area contributed by atoms with Gasteiger partial charge < -0.3 is 18.5 Å². The second-order valence-corrected chi connectivity index (χ2v) is 14.1. The molecule has 1 aliphatic carbocycles. The molecule has 10 aromatic rings. The fourth-order valence-electron chi connectivity index (χ4n) is 9.30. The third kappa shape index (κ3) is 3.70. The summed E-state index contributed by atoms with van der Waals surface area (Å²) in [4.78, 5) is 2.54. The first-order valence-electron chi connectivity index (χ1n) is 18.0. The predicted molar refractivity (Wildman–Crippen MR) is 216 cm³/mol. The maximum absolute atomic E-state index is 6.22. The van der Waals surface area contributed by atoms with Crippen molar-refractivity contribution in [2.45, 2.75) is 12.0 Å². The Bertz CT molecular complexity index is 3100. The number of anilines is 2. The molecule has 0 saturated heterocycles. The van der Waals surface area contributed by atoms with E-state index in [4.69, 9.17) is 4.42 Å². The van der Waals surface area contributed by atoms with Crippen LogP contribution in [0.2, 0.25) is 0 Å². The molecule has 0 bridgehead atoms. The van der Waals surface area contributed by atoms with Gasteiger partial charge in [0, 0.05) is 61.0 Å². The summed E-state index contributed by atoms with van der Waals surface area (Å²) in [5, 5.41) is 7.45. The zero-order chi connectivity index (χ0) is 33.9. The van der Waals surface area contributed by atoms with Crippen LogP contribution in [0.25, 0.3) is 76.9 Å². The van der Waals surface area contributed by atoms with Crippen LogP contribution in [-0.4, -0.2) is 15.2 Å². The summed E-state index contributed by atoms with van der Waals surface area (Å²) >= 11 is 0. The van der Waals surface area contributed by atoms with Gasteiger partial charge in [-0.3, -0.25) is 0 Å². The maximum Gasteiger partial charge on any atom is 0.135 e. The third-order valence-corrected chi connectivity index (χ3v) is 11.4. The van der Waals surface area contributed by atoms with Crippen LogP contribution in [0.3, 0.4) is 0 Å². The minimum atomic E-state index is 0.175. The minimum Gasteiger partial charge on any atom is -0.456 e. The van der Waals surface area contributed by atoms with Crippen LogP contribution in [0.4, 0.5) is 11.4 Å². The minimum absolute atomic E-state index is 0.175. The summed E-state index contributed by atoms with van der Waals surface area (Å²) in [6.07, 6.45) is 9.17. The van der Waals surface area contributed by atoms with E-state index < -0.39 is 0 Å². The molecule has 2 unspecified atom stereocenters. The molecular formula is C48H31N3O. The number of rotatable bonds is 3. The average Bonchev–Trinajstić information content (AvgIpc) is 3.94. The lowest BCUT2D eigenvalue weighted by atomic mass is 9.88. The van der Waals surface area contributed by atoms with E-state index >= 15 is 0 Å². The Hall–Kier alpha value is -6.78. The molecule has 2 aliphatic rings. The van der Waals surface area contributed by atoms with Gasteiger partial charge in [0.25, 0.3) is 0 Å². The highest BCUT2D eigenvalue weighted by Crippen LogP contribution is 2.53. The predicted octanol–water partition coefficient (Wildman–Crippen LogP) is 12.5. The van der Waals surface area contributed by atoms with Crippen molar-refractivity contribution in [1.82, 2.24) is 9.13 Å². The van der Waals surface area contributed by atoms with Crippen molar-refractivity contribution in [3.05, 3.63) is 182 Å². The molecule has 2 atom stereocenters. The molecule has 0 fully saturated rings. The number of benzene rings is 7. The molecule has 4 nitrogen and oxygen atoms in total. The quantitative estimate of drug-likeness (QED) is 0.188. The lowest BCUT2D eigenvalue weighted by Gasteiger charge is -2.28. The van der Waals surface area contributed by atoms with Gasteiger partial charge in [-0.2, -0.15) is 0 Å². The summed E-state index contributed by atoms with van der Waals surface area (Å²) in [5.74, 6) is 0.220. The number of aromatic nitrogens is 2. The Balaban J connectivity index is 1.05. The molecule has 4 heterocycles. The van der Waals surface area contributed by atoms with Crippen LogP contribution in [0.15, 0.2) is 180 Å². The fourth-order valence-corrected chi connectivity index (χ4v) is 9.30. The molecule has 0 radical (unpaired) electrons. The SMILES string of the molecule is C1=CC2c3c(ccc4c3c3ccccc3n4-c3ccc(-n4c5ccccc5c5ccccc54)cc3)N(c3ccc4oc5ccccc5c4c3)C2C=C1. The van der Waals surface area contributed by atoms with Gasteiger partial charge in [-0.15, -0.1) is 0 Å². The van der Waals surface area contributed by atoms with Gasteiger partial charge in [0.2, 0.25) is 0 Å². The van der Waals surface area contributed by atoms with Crippen LogP contribution in [0, 0.1) is 0 Å². The molecule has 0 N–H and O–H groups in total. The number of fused-ring (bicyclic) bond motifs is 13. The van der Waals surface area contributed by atoms with Gasteiger partial charge in [0.1, 0.15) is 11.2 Å². The summed E-state index contributed by atoms with van der Waals surface area (Å²) in [6.45, 7) is 0. The van der Waals surface area contributed by atoms with E-state index in [1.165, 1.54) is 60.5 Å². The average molecular weight is 666 g/mol. The maximum atomic E-state index is 6.22. The van der Waals surface area contributed by atoms with Crippen LogP contribution in [0.5, 0.6) is 0 Å². The Morgan fingerprint density at radius 2 is 0.981 bits per heavy atom. The number of hydrogen-bond acceptors (Lipinski definition) is 2. The van der Waals surface area contributed by atoms with Crippen molar-refractivity contribution in [2.24, 2.45) is 0 Å². The summed E-state index contributed by atoms with van der Waals surface area (Å²) in [7, 11) is 0. The highest BCUT2D eigenvalue weighted by atomic mass is 16.3. The third-order valence-electron chi connectivity index (χ3n) is 11.4. The van der Waals surface area contributed by atoms with Gasteiger partial charge in [-0.25, -0.2) is 0 Å². The molecule has 4 heteroatoms. The highest BCUT2D eigenvalue weighted by molar-refractivity contribution is 6.14. The first kappa shape index (κ1) is 28.0. The Morgan fingerprint density at radius 3 is 1.71 bits per heavy atom. The van der Waals surface area contributed by atoms with E-state index in [-0.39, 0.29) is 12.0 Å². The zero-order valence-corrected chi connectivity index (χ0v) is 28.1. The first-order chi connectivity index (χ1) is 25.8. The van der Waals surface area contributed by atoms with Gasteiger partial charge in [-0.05, 0) is 84.4 Å². The van der Waals surface area contributed by atoms with E-state index in [2.05, 4.69) is 184 Å². The largest absolute Gasteiger partial charge is 0.456 e. The Morgan fingerprint density at radius 1 is 0.423 bits per heavy atom. The summed E-state index contributed by atoms with van der Waals surface area (Å²) < 4.78 is 11.0.